The first-order valence-corrected chi connectivity index (χ1v) is 7.78. The van der Waals surface area contributed by atoms with Crippen LogP contribution in [0.4, 0.5) is 17.6 Å². The zero-order valence-corrected chi connectivity index (χ0v) is 14.0. The van der Waals surface area contributed by atoms with Crippen molar-refractivity contribution in [3.63, 3.8) is 0 Å². The van der Waals surface area contributed by atoms with Gasteiger partial charge in [-0.05, 0) is 30.3 Å². The number of carbonyl (C=O) groups excluding carboxylic acids is 1. The summed E-state index contributed by atoms with van der Waals surface area (Å²) in [5, 5.41) is 3.02. The van der Waals surface area contributed by atoms with Gasteiger partial charge in [0.1, 0.15) is 5.75 Å². The standard InChI is InChI=1S/C18H17N5O3/c1-25-14-9-5-6-12(10-14)16(24)26-11-15-21-17(19)23-18(22-15)20-13-7-3-2-4-8-13/h2-10H,11H2,1H3,(H3,19,20,21,22,23). The Morgan fingerprint density at radius 1 is 1.08 bits per heavy atom. The van der Waals surface area contributed by atoms with Crippen molar-refractivity contribution in [1.82, 2.24) is 15.0 Å². The molecule has 132 valence electrons. The lowest BCUT2D eigenvalue weighted by atomic mass is 10.2. The molecule has 1 heterocycles. The molecule has 1 aromatic heterocycles. The molecule has 0 aliphatic carbocycles. The number of benzene rings is 2. The van der Waals surface area contributed by atoms with E-state index in [1.165, 1.54) is 7.11 Å². The van der Waals surface area contributed by atoms with E-state index < -0.39 is 5.97 Å². The van der Waals surface area contributed by atoms with Crippen molar-refractivity contribution in [2.75, 3.05) is 18.2 Å². The van der Waals surface area contributed by atoms with Crippen LogP contribution >= 0.6 is 0 Å². The highest BCUT2D eigenvalue weighted by Crippen LogP contribution is 2.15. The molecule has 26 heavy (non-hydrogen) atoms. The summed E-state index contributed by atoms with van der Waals surface area (Å²) in [5.41, 5.74) is 6.88. The number of ether oxygens (including phenoxy) is 2. The minimum atomic E-state index is -0.513. The minimum absolute atomic E-state index is 0.0332. The van der Waals surface area contributed by atoms with Crippen molar-refractivity contribution in [3.05, 3.63) is 66.0 Å². The Morgan fingerprint density at radius 2 is 1.88 bits per heavy atom. The number of nitrogens with zero attached hydrogens (tertiary/aromatic N) is 3. The first kappa shape index (κ1) is 17.2. The third-order valence-corrected chi connectivity index (χ3v) is 3.37. The number of hydrogen-bond donors (Lipinski definition) is 2. The predicted molar refractivity (Wildman–Crippen MR) is 96.1 cm³/mol. The Hall–Kier alpha value is -3.68. The summed E-state index contributed by atoms with van der Waals surface area (Å²) in [7, 11) is 1.53. The van der Waals surface area contributed by atoms with E-state index in [0.717, 1.165) is 5.69 Å². The van der Waals surface area contributed by atoms with Crippen LogP contribution in [0.2, 0.25) is 0 Å². The van der Waals surface area contributed by atoms with Gasteiger partial charge in [-0.15, -0.1) is 0 Å². The third-order valence-electron chi connectivity index (χ3n) is 3.37. The summed E-state index contributed by atoms with van der Waals surface area (Å²) in [4.78, 5) is 24.4. The molecule has 0 spiro atoms. The second-order valence-electron chi connectivity index (χ2n) is 5.23. The lowest BCUT2D eigenvalue weighted by molar-refractivity contribution is 0.0462. The van der Waals surface area contributed by atoms with Crippen molar-refractivity contribution in [1.29, 1.82) is 0 Å². The average molecular weight is 351 g/mol. The number of rotatable bonds is 6. The number of methoxy groups -OCH3 is 1. The smallest absolute Gasteiger partial charge is 0.338 e. The summed E-state index contributed by atoms with van der Waals surface area (Å²) in [5.74, 6) is 0.604. The molecule has 3 rings (SSSR count). The molecule has 3 aromatic rings. The van der Waals surface area contributed by atoms with Gasteiger partial charge >= 0.3 is 5.97 Å². The number of aromatic nitrogens is 3. The Balaban J connectivity index is 1.68. The van der Waals surface area contributed by atoms with E-state index in [0.29, 0.717) is 11.3 Å². The maximum atomic E-state index is 12.2. The average Bonchev–Trinajstić information content (AvgIpc) is 2.66. The van der Waals surface area contributed by atoms with E-state index in [1.807, 2.05) is 30.3 Å². The van der Waals surface area contributed by atoms with E-state index in [4.69, 9.17) is 15.2 Å². The molecule has 0 amide bonds. The fraction of sp³-hybridized carbons (Fsp3) is 0.111. The van der Waals surface area contributed by atoms with Crippen LogP contribution in [0.3, 0.4) is 0 Å². The highest BCUT2D eigenvalue weighted by Gasteiger charge is 2.11. The summed E-state index contributed by atoms with van der Waals surface area (Å²) >= 11 is 0. The highest BCUT2D eigenvalue weighted by atomic mass is 16.5. The number of carbonyl (C=O) groups is 1. The number of hydrogen-bond acceptors (Lipinski definition) is 8. The van der Waals surface area contributed by atoms with Gasteiger partial charge in [-0.25, -0.2) is 4.79 Å². The Kier molecular flexibility index (Phi) is 5.23. The Labute approximate surface area is 150 Å². The first-order chi connectivity index (χ1) is 12.6. The number of para-hydroxylation sites is 1. The molecule has 0 bridgehead atoms. The molecule has 2 aromatic carbocycles. The van der Waals surface area contributed by atoms with E-state index in [1.54, 1.807) is 24.3 Å². The molecule has 0 fully saturated rings. The number of anilines is 3. The molecule has 0 saturated carbocycles. The molecule has 0 atom stereocenters. The molecule has 0 aliphatic heterocycles. The van der Waals surface area contributed by atoms with E-state index >= 15 is 0 Å². The van der Waals surface area contributed by atoms with Gasteiger partial charge in [0.2, 0.25) is 11.9 Å². The van der Waals surface area contributed by atoms with Crippen LogP contribution in [0.1, 0.15) is 16.2 Å². The molecule has 3 N–H and O–H groups in total. The van der Waals surface area contributed by atoms with Crippen LogP contribution in [-0.4, -0.2) is 28.0 Å². The van der Waals surface area contributed by atoms with Gasteiger partial charge in [-0.2, -0.15) is 15.0 Å². The molecule has 0 unspecified atom stereocenters. The fourth-order valence-electron chi connectivity index (χ4n) is 2.17. The van der Waals surface area contributed by atoms with Crippen LogP contribution in [0.25, 0.3) is 0 Å². The van der Waals surface area contributed by atoms with E-state index in [-0.39, 0.29) is 24.3 Å². The SMILES string of the molecule is COc1cccc(C(=O)OCc2nc(N)nc(Nc3ccccc3)n2)c1. The first-order valence-electron chi connectivity index (χ1n) is 7.78. The highest BCUT2D eigenvalue weighted by molar-refractivity contribution is 5.89. The van der Waals surface area contributed by atoms with E-state index in [9.17, 15) is 4.79 Å². The van der Waals surface area contributed by atoms with Gasteiger partial charge in [0, 0.05) is 5.69 Å². The van der Waals surface area contributed by atoms with E-state index in [2.05, 4.69) is 20.3 Å². The minimum Gasteiger partial charge on any atom is -0.497 e. The van der Waals surface area contributed by atoms with Gasteiger partial charge in [0.05, 0.1) is 12.7 Å². The molecule has 0 saturated heterocycles. The van der Waals surface area contributed by atoms with Gasteiger partial charge in [0.25, 0.3) is 0 Å². The Bertz CT molecular complexity index is 902. The molecular weight excluding hydrogens is 334 g/mol. The quantitative estimate of drug-likeness (QED) is 0.652. The molecule has 8 heteroatoms. The largest absolute Gasteiger partial charge is 0.497 e. The molecule has 0 radical (unpaired) electrons. The van der Waals surface area contributed by atoms with Crippen molar-refractivity contribution >= 4 is 23.6 Å². The lowest BCUT2D eigenvalue weighted by Gasteiger charge is -2.08. The van der Waals surface area contributed by atoms with Crippen molar-refractivity contribution < 1.29 is 14.3 Å². The van der Waals surface area contributed by atoms with Crippen LogP contribution in [0.15, 0.2) is 54.6 Å². The van der Waals surface area contributed by atoms with Crippen molar-refractivity contribution in [3.8, 4) is 5.75 Å². The van der Waals surface area contributed by atoms with Crippen molar-refractivity contribution in [2.45, 2.75) is 6.61 Å². The third kappa shape index (κ3) is 4.44. The summed E-state index contributed by atoms with van der Waals surface area (Å²) in [6, 6.07) is 16.1. The van der Waals surface area contributed by atoms with Gasteiger partial charge in [0.15, 0.2) is 12.4 Å². The Morgan fingerprint density at radius 3 is 2.65 bits per heavy atom. The zero-order chi connectivity index (χ0) is 18.4. The van der Waals surface area contributed by atoms with Gasteiger partial charge in [-0.3, -0.25) is 0 Å². The summed E-state index contributed by atoms with van der Waals surface area (Å²) < 4.78 is 10.3. The number of nitrogens with two attached hydrogens (primary N) is 1. The molecule has 8 nitrogen and oxygen atoms in total. The van der Waals surface area contributed by atoms with Crippen LogP contribution in [0.5, 0.6) is 5.75 Å². The lowest BCUT2D eigenvalue weighted by Crippen LogP contribution is -2.11. The zero-order valence-electron chi connectivity index (χ0n) is 14.0. The van der Waals surface area contributed by atoms with Gasteiger partial charge in [-0.1, -0.05) is 24.3 Å². The second-order valence-corrected chi connectivity index (χ2v) is 5.23. The number of esters is 1. The number of nitrogen functional groups attached to an aromatic ring is 1. The fourth-order valence-corrected chi connectivity index (χ4v) is 2.17. The molecular formula is C18H17N5O3. The normalized spacial score (nSPS) is 10.2. The summed E-state index contributed by atoms with van der Waals surface area (Å²) in [6.07, 6.45) is 0. The maximum absolute atomic E-state index is 12.2. The monoisotopic (exact) mass is 351 g/mol. The van der Waals surface area contributed by atoms with Crippen LogP contribution in [0, 0.1) is 0 Å². The molecule has 0 aliphatic rings. The second kappa shape index (κ2) is 7.93. The summed E-state index contributed by atoms with van der Waals surface area (Å²) in [6.45, 7) is -0.133. The van der Waals surface area contributed by atoms with Crippen LogP contribution in [-0.2, 0) is 11.3 Å². The number of nitrogens with one attached hydrogen (secondary N) is 1. The van der Waals surface area contributed by atoms with Crippen LogP contribution < -0.4 is 15.8 Å². The maximum Gasteiger partial charge on any atom is 0.338 e. The topological polar surface area (TPSA) is 112 Å². The predicted octanol–water partition coefficient (Wildman–Crippen LogP) is 2.56. The van der Waals surface area contributed by atoms with Crippen molar-refractivity contribution in [2.24, 2.45) is 0 Å². The van der Waals surface area contributed by atoms with Gasteiger partial charge < -0.3 is 20.5 Å².